The molecule has 1 aromatic carbocycles. The molecule has 102 valence electrons. The Kier molecular flexibility index (Phi) is 3.32. The van der Waals surface area contributed by atoms with Gasteiger partial charge in [0.15, 0.2) is 0 Å². The van der Waals surface area contributed by atoms with Crippen LogP contribution in [-0.2, 0) is 0 Å². The maximum absolute atomic E-state index is 9.33. The molecule has 0 aliphatic heterocycles. The Hall–Kier alpha value is -2.45. The van der Waals surface area contributed by atoms with Crippen molar-refractivity contribution in [2.75, 3.05) is 5.73 Å². The molecule has 0 spiro atoms. The fourth-order valence-electron chi connectivity index (χ4n) is 2.32. The van der Waals surface area contributed by atoms with Crippen LogP contribution in [0.5, 0.6) is 0 Å². The molecule has 0 atom stereocenters. The first-order valence-corrected chi connectivity index (χ1v) is 7.13. The topological polar surface area (TPSA) is 75.6 Å². The lowest BCUT2D eigenvalue weighted by atomic mass is 10.0. The van der Waals surface area contributed by atoms with E-state index in [1.54, 1.807) is 0 Å². The number of aromatic nitrogens is 2. The average Bonchev–Trinajstić information content (AvgIpc) is 2.47. The number of nitrogen functional groups attached to an aromatic ring is 1. The Morgan fingerprint density at radius 1 is 1.19 bits per heavy atom. The lowest BCUT2D eigenvalue weighted by Gasteiger charge is -2.10. The number of halogens is 1. The molecule has 4 nitrogen and oxygen atoms in total. The monoisotopic (exact) mass is 338 g/mol. The highest BCUT2D eigenvalue weighted by Gasteiger charge is 2.15. The minimum absolute atomic E-state index is 0.189. The minimum atomic E-state index is 0.189. The Bertz CT molecular complexity index is 882. The predicted octanol–water partition coefficient (Wildman–Crippen LogP) is 3.82. The minimum Gasteiger partial charge on any atom is -0.382 e. The van der Waals surface area contributed by atoms with E-state index in [4.69, 9.17) is 5.73 Å². The first kappa shape index (κ1) is 13.5. The van der Waals surface area contributed by atoms with Crippen LogP contribution in [0.3, 0.4) is 0 Å². The SMILES string of the molecule is Cc1cc(-c2ccccc2)nc2c(C#N)c(N)nc(Br)c12. The van der Waals surface area contributed by atoms with Gasteiger partial charge in [0.1, 0.15) is 22.1 Å². The van der Waals surface area contributed by atoms with Crippen LogP contribution in [0, 0.1) is 18.3 Å². The number of fused-ring (bicyclic) bond motifs is 1. The van der Waals surface area contributed by atoms with Gasteiger partial charge in [-0.05, 0) is 34.5 Å². The number of rotatable bonds is 1. The molecule has 3 aromatic rings. The summed E-state index contributed by atoms with van der Waals surface area (Å²) in [6.07, 6.45) is 0. The molecule has 3 rings (SSSR count). The molecule has 2 aromatic heterocycles. The smallest absolute Gasteiger partial charge is 0.144 e. The normalized spacial score (nSPS) is 10.5. The summed E-state index contributed by atoms with van der Waals surface area (Å²) in [5.74, 6) is 0.189. The summed E-state index contributed by atoms with van der Waals surface area (Å²) >= 11 is 3.40. The van der Waals surface area contributed by atoms with Crippen LogP contribution in [0.1, 0.15) is 11.1 Å². The highest BCUT2D eigenvalue weighted by Crippen LogP contribution is 2.32. The second-order valence-electron chi connectivity index (χ2n) is 4.69. The Balaban J connectivity index is 2.41. The number of aryl methyl sites for hydroxylation is 1. The number of hydrogen-bond acceptors (Lipinski definition) is 4. The molecule has 0 radical (unpaired) electrons. The summed E-state index contributed by atoms with van der Waals surface area (Å²) in [6.45, 7) is 1.97. The zero-order valence-corrected chi connectivity index (χ0v) is 12.8. The van der Waals surface area contributed by atoms with E-state index in [9.17, 15) is 5.26 Å². The molecule has 0 amide bonds. The van der Waals surface area contributed by atoms with Crippen molar-refractivity contribution in [3.8, 4) is 17.3 Å². The van der Waals surface area contributed by atoms with Crippen LogP contribution in [0.15, 0.2) is 41.0 Å². The number of nitrogens with two attached hydrogens (primary N) is 1. The van der Waals surface area contributed by atoms with Crippen molar-refractivity contribution < 1.29 is 0 Å². The van der Waals surface area contributed by atoms with Crippen molar-refractivity contribution in [1.82, 2.24) is 9.97 Å². The lowest BCUT2D eigenvalue weighted by molar-refractivity contribution is 1.26. The predicted molar refractivity (Wildman–Crippen MR) is 86.5 cm³/mol. The van der Waals surface area contributed by atoms with E-state index in [-0.39, 0.29) is 5.82 Å². The van der Waals surface area contributed by atoms with Crippen molar-refractivity contribution in [2.24, 2.45) is 0 Å². The zero-order valence-electron chi connectivity index (χ0n) is 11.3. The summed E-state index contributed by atoms with van der Waals surface area (Å²) in [6, 6.07) is 13.9. The maximum atomic E-state index is 9.33. The van der Waals surface area contributed by atoms with Gasteiger partial charge in [-0.2, -0.15) is 5.26 Å². The van der Waals surface area contributed by atoms with E-state index in [0.717, 1.165) is 22.2 Å². The highest BCUT2D eigenvalue weighted by molar-refractivity contribution is 9.10. The fraction of sp³-hybridized carbons (Fsp3) is 0.0625. The quantitative estimate of drug-likeness (QED) is 0.684. The number of hydrogen-bond donors (Lipinski definition) is 1. The molecule has 0 fully saturated rings. The van der Waals surface area contributed by atoms with Gasteiger partial charge in [-0.3, -0.25) is 0 Å². The number of nitrogens with zero attached hydrogens (tertiary/aromatic N) is 3. The van der Waals surface area contributed by atoms with Gasteiger partial charge in [0.25, 0.3) is 0 Å². The molecule has 0 bridgehead atoms. The van der Waals surface area contributed by atoms with Gasteiger partial charge >= 0.3 is 0 Å². The third-order valence-electron chi connectivity index (χ3n) is 3.32. The van der Waals surface area contributed by atoms with Crippen LogP contribution >= 0.6 is 15.9 Å². The second-order valence-corrected chi connectivity index (χ2v) is 5.44. The second kappa shape index (κ2) is 5.15. The molecular weight excluding hydrogens is 328 g/mol. The van der Waals surface area contributed by atoms with Gasteiger partial charge in [0, 0.05) is 10.9 Å². The van der Waals surface area contributed by atoms with Crippen LogP contribution in [0.4, 0.5) is 5.82 Å². The standard InChI is InChI=1S/C16H11BrN4/c1-9-7-12(10-5-3-2-4-6-10)20-14-11(8-18)16(19)21-15(17)13(9)14/h2-7H,1H3,(H2,19,21). The van der Waals surface area contributed by atoms with E-state index >= 15 is 0 Å². The van der Waals surface area contributed by atoms with E-state index in [2.05, 4.69) is 32.0 Å². The van der Waals surface area contributed by atoms with Crippen LogP contribution < -0.4 is 5.73 Å². The van der Waals surface area contributed by atoms with Gasteiger partial charge < -0.3 is 5.73 Å². The number of pyridine rings is 2. The molecule has 2 N–H and O–H groups in total. The van der Waals surface area contributed by atoms with Crippen LogP contribution in [-0.4, -0.2) is 9.97 Å². The number of anilines is 1. The van der Waals surface area contributed by atoms with Crippen molar-refractivity contribution in [2.45, 2.75) is 6.92 Å². The van der Waals surface area contributed by atoms with Gasteiger partial charge in [-0.25, -0.2) is 9.97 Å². The van der Waals surface area contributed by atoms with Gasteiger partial charge in [-0.1, -0.05) is 30.3 Å². The van der Waals surface area contributed by atoms with Gasteiger partial charge in [0.2, 0.25) is 0 Å². The molecule has 0 saturated heterocycles. The summed E-state index contributed by atoms with van der Waals surface area (Å²) < 4.78 is 0.610. The first-order chi connectivity index (χ1) is 10.1. The van der Waals surface area contributed by atoms with Gasteiger partial charge in [0.05, 0.1) is 11.2 Å². The lowest BCUT2D eigenvalue weighted by Crippen LogP contribution is -2.00. The average molecular weight is 339 g/mol. The summed E-state index contributed by atoms with van der Waals surface area (Å²) in [7, 11) is 0. The van der Waals surface area contributed by atoms with Crippen molar-refractivity contribution >= 4 is 32.7 Å². The fourth-order valence-corrected chi connectivity index (χ4v) is 3.01. The first-order valence-electron chi connectivity index (χ1n) is 6.33. The van der Waals surface area contributed by atoms with Crippen LogP contribution in [0.25, 0.3) is 22.2 Å². The highest BCUT2D eigenvalue weighted by atomic mass is 79.9. The van der Waals surface area contributed by atoms with Crippen LogP contribution in [0.2, 0.25) is 0 Å². The number of nitriles is 1. The van der Waals surface area contributed by atoms with E-state index in [0.29, 0.717) is 15.7 Å². The molecule has 0 aliphatic carbocycles. The van der Waals surface area contributed by atoms with E-state index in [1.807, 2.05) is 43.3 Å². The van der Waals surface area contributed by atoms with Crippen molar-refractivity contribution in [1.29, 1.82) is 5.26 Å². The maximum Gasteiger partial charge on any atom is 0.144 e. The third kappa shape index (κ3) is 2.24. The Labute approximate surface area is 130 Å². The number of benzene rings is 1. The summed E-state index contributed by atoms with van der Waals surface area (Å²) in [5, 5.41) is 10.2. The largest absolute Gasteiger partial charge is 0.382 e. The van der Waals surface area contributed by atoms with Crippen molar-refractivity contribution in [3.63, 3.8) is 0 Å². The molecule has 0 unspecified atom stereocenters. The van der Waals surface area contributed by atoms with E-state index < -0.39 is 0 Å². The Morgan fingerprint density at radius 3 is 2.57 bits per heavy atom. The molecular formula is C16H11BrN4. The summed E-state index contributed by atoms with van der Waals surface area (Å²) in [4.78, 5) is 8.79. The van der Waals surface area contributed by atoms with Gasteiger partial charge in [-0.15, -0.1) is 0 Å². The third-order valence-corrected chi connectivity index (χ3v) is 3.89. The molecule has 21 heavy (non-hydrogen) atoms. The molecule has 0 aliphatic rings. The molecule has 0 saturated carbocycles. The Morgan fingerprint density at radius 2 is 1.90 bits per heavy atom. The van der Waals surface area contributed by atoms with Crippen molar-refractivity contribution in [3.05, 3.63) is 52.1 Å². The molecule has 5 heteroatoms. The zero-order chi connectivity index (χ0) is 15.0. The summed E-state index contributed by atoms with van der Waals surface area (Å²) in [5.41, 5.74) is 9.53. The van der Waals surface area contributed by atoms with E-state index in [1.165, 1.54) is 0 Å². The molecule has 2 heterocycles.